The molecule has 0 spiro atoms. The molecule has 0 atom stereocenters. The molecule has 0 bridgehead atoms. The number of carbonyl (C=O) groups excluding carboxylic acids is 1. The van der Waals surface area contributed by atoms with Crippen molar-refractivity contribution >= 4 is 16.8 Å². The van der Waals surface area contributed by atoms with E-state index in [-0.39, 0.29) is 16.9 Å². The maximum Gasteiger partial charge on any atom is 0.256 e. The third-order valence-electron chi connectivity index (χ3n) is 4.42. The molecular weight excluding hydrogens is 304 g/mol. The smallest absolute Gasteiger partial charge is 0.256 e. The number of carbonyl (C=O) groups is 1. The second kappa shape index (κ2) is 7.51. The highest BCUT2D eigenvalue weighted by Crippen LogP contribution is 2.32. The molecule has 24 heavy (non-hydrogen) atoms. The molecule has 0 aliphatic heterocycles. The largest absolute Gasteiger partial charge is 0.491 e. The lowest BCUT2D eigenvalue weighted by Crippen LogP contribution is -2.29. The van der Waals surface area contributed by atoms with Crippen molar-refractivity contribution in [1.29, 1.82) is 0 Å². The molecule has 0 saturated heterocycles. The van der Waals surface area contributed by atoms with Gasteiger partial charge in [0, 0.05) is 12.7 Å². The summed E-state index contributed by atoms with van der Waals surface area (Å²) in [6, 6.07) is 5.37. The number of benzene rings is 1. The molecule has 1 aliphatic rings. The van der Waals surface area contributed by atoms with E-state index >= 15 is 0 Å². The molecule has 5 nitrogen and oxygen atoms in total. The molecule has 3 rings (SSSR count). The number of amides is 1. The van der Waals surface area contributed by atoms with Crippen LogP contribution in [0.15, 0.2) is 29.2 Å². The molecule has 1 aliphatic carbocycles. The molecule has 1 saturated carbocycles. The fraction of sp³-hybridized carbons (Fsp3) is 0.474. The van der Waals surface area contributed by atoms with Gasteiger partial charge in [0.05, 0.1) is 17.5 Å². The van der Waals surface area contributed by atoms with Gasteiger partial charge in [-0.05, 0) is 30.9 Å². The first-order chi connectivity index (χ1) is 11.7. The van der Waals surface area contributed by atoms with Crippen LogP contribution in [-0.2, 0) is 0 Å². The van der Waals surface area contributed by atoms with Gasteiger partial charge in [0.1, 0.15) is 11.3 Å². The first kappa shape index (κ1) is 16.6. The summed E-state index contributed by atoms with van der Waals surface area (Å²) in [5.41, 5.74) is 0.544. The Kier molecular flexibility index (Phi) is 5.18. The van der Waals surface area contributed by atoms with Crippen molar-refractivity contribution in [3.05, 3.63) is 40.2 Å². The highest BCUT2D eigenvalue weighted by Gasteiger charge is 2.21. The van der Waals surface area contributed by atoms with Crippen LogP contribution in [0.4, 0.5) is 0 Å². The molecule has 0 unspecified atom stereocenters. The Morgan fingerprint density at radius 3 is 2.96 bits per heavy atom. The summed E-state index contributed by atoms with van der Waals surface area (Å²) >= 11 is 0. The number of nitrogens with one attached hydrogen (secondary N) is 2. The zero-order valence-corrected chi connectivity index (χ0v) is 14.1. The first-order valence-corrected chi connectivity index (χ1v) is 8.76. The van der Waals surface area contributed by atoms with Crippen molar-refractivity contribution in [3.8, 4) is 5.75 Å². The maximum absolute atomic E-state index is 12.6. The van der Waals surface area contributed by atoms with Gasteiger partial charge in [-0.3, -0.25) is 9.59 Å². The number of aromatic amines is 1. The van der Waals surface area contributed by atoms with Crippen LogP contribution in [0.25, 0.3) is 10.9 Å². The van der Waals surface area contributed by atoms with Crippen LogP contribution in [0.3, 0.4) is 0 Å². The summed E-state index contributed by atoms with van der Waals surface area (Å²) in [4.78, 5) is 27.8. The zero-order valence-electron chi connectivity index (χ0n) is 14.1. The van der Waals surface area contributed by atoms with E-state index in [9.17, 15) is 9.59 Å². The van der Waals surface area contributed by atoms with E-state index in [1.54, 1.807) is 12.1 Å². The summed E-state index contributed by atoms with van der Waals surface area (Å²) in [7, 11) is 0. The van der Waals surface area contributed by atoms with E-state index in [2.05, 4.69) is 17.2 Å². The number of hydrogen-bond donors (Lipinski definition) is 2. The van der Waals surface area contributed by atoms with Gasteiger partial charge >= 0.3 is 0 Å². The lowest BCUT2D eigenvalue weighted by atomic mass is 10.1. The number of fused-ring (bicyclic) bond motifs is 1. The highest BCUT2D eigenvalue weighted by atomic mass is 16.5. The van der Waals surface area contributed by atoms with Gasteiger partial charge in [-0.25, -0.2) is 0 Å². The van der Waals surface area contributed by atoms with Crippen LogP contribution < -0.4 is 15.5 Å². The second-order valence-corrected chi connectivity index (χ2v) is 6.40. The van der Waals surface area contributed by atoms with E-state index in [1.165, 1.54) is 19.0 Å². The van der Waals surface area contributed by atoms with Gasteiger partial charge in [-0.1, -0.05) is 32.3 Å². The van der Waals surface area contributed by atoms with Crippen molar-refractivity contribution in [1.82, 2.24) is 10.3 Å². The van der Waals surface area contributed by atoms with Crippen LogP contribution in [0.2, 0.25) is 0 Å². The number of para-hydroxylation sites is 1. The molecule has 1 aromatic heterocycles. The molecule has 1 aromatic carbocycles. The monoisotopic (exact) mass is 328 g/mol. The molecule has 128 valence electrons. The van der Waals surface area contributed by atoms with Gasteiger partial charge in [-0.15, -0.1) is 0 Å². The second-order valence-electron chi connectivity index (χ2n) is 6.40. The van der Waals surface area contributed by atoms with Crippen LogP contribution in [0.1, 0.15) is 49.4 Å². The SMILES string of the molecule is CCCCNC(=O)c1c[nH]c2c(OCCC3CC3)cccc2c1=O. The molecule has 0 radical (unpaired) electrons. The highest BCUT2D eigenvalue weighted by molar-refractivity contribution is 5.97. The minimum atomic E-state index is -0.327. The molecule has 2 aromatic rings. The van der Waals surface area contributed by atoms with Gasteiger partial charge in [0.25, 0.3) is 5.91 Å². The molecule has 2 N–H and O–H groups in total. The first-order valence-electron chi connectivity index (χ1n) is 8.76. The Hall–Kier alpha value is -2.30. The number of H-pyrrole nitrogens is 1. The van der Waals surface area contributed by atoms with Crippen molar-refractivity contribution < 1.29 is 9.53 Å². The lowest BCUT2D eigenvalue weighted by molar-refractivity contribution is 0.0952. The summed E-state index contributed by atoms with van der Waals surface area (Å²) in [5.74, 6) is 1.15. The Labute approximate surface area is 141 Å². The number of pyridine rings is 1. The third kappa shape index (κ3) is 3.78. The number of ether oxygens (including phenoxy) is 1. The summed E-state index contributed by atoms with van der Waals surface area (Å²) < 4.78 is 5.83. The molecule has 1 heterocycles. The quantitative estimate of drug-likeness (QED) is 0.731. The van der Waals surface area contributed by atoms with Crippen LogP contribution in [0.5, 0.6) is 5.75 Å². The van der Waals surface area contributed by atoms with Crippen LogP contribution in [0, 0.1) is 5.92 Å². The average Bonchev–Trinajstić information content (AvgIpc) is 3.40. The number of unbranched alkanes of at least 4 members (excludes halogenated alkanes) is 1. The number of rotatable bonds is 8. The van der Waals surface area contributed by atoms with Gasteiger partial charge < -0.3 is 15.0 Å². The average molecular weight is 328 g/mol. The minimum Gasteiger partial charge on any atom is -0.491 e. The molecular formula is C19H24N2O3. The van der Waals surface area contributed by atoms with Gasteiger partial charge in [-0.2, -0.15) is 0 Å². The topological polar surface area (TPSA) is 71.2 Å². The van der Waals surface area contributed by atoms with Gasteiger partial charge in [0.15, 0.2) is 0 Å². The van der Waals surface area contributed by atoms with Crippen LogP contribution >= 0.6 is 0 Å². The third-order valence-corrected chi connectivity index (χ3v) is 4.42. The predicted octanol–water partition coefficient (Wildman–Crippen LogP) is 3.24. The Morgan fingerprint density at radius 2 is 2.21 bits per heavy atom. The van der Waals surface area contributed by atoms with E-state index in [0.717, 1.165) is 25.2 Å². The van der Waals surface area contributed by atoms with E-state index in [1.807, 2.05) is 6.07 Å². The number of hydrogen-bond acceptors (Lipinski definition) is 3. The Bertz CT molecular complexity index is 778. The summed E-state index contributed by atoms with van der Waals surface area (Å²) in [6.45, 7) is 3.29. The fourth-order valence-electron chi connectivity index (χ4n) is 2.73. The maximum atomic E-state index is 12.6. The molecule has 1 fully saturated rings. The summed E-state index contributed by atoms with van der Waals surface area (Å²) in [6.07, 6.45) is 7.03. The minimum absolute atomic E-state index is 0.147. The van der Waals surface area contributed by atoms with Crippen LogP contribution in [-0.4, -0.2) is 24.0 Å². The molecule has 5 heteroatoms. The Morgan fingerprint density at radius 1 is 1.38 bits per heavy atom. The number of aromatic nitrogens is 1. The van der Waals surface area contributed by atoms with Crippen molar-refractivity contribution in [3.63, 3.8) is 0 Å². The lowest BCUT2D eigenvalue weighted by Gasteiger charge is -2.10. The summed E-state index contributed by atoms with van der Waals surface area (Å²) in [5, 5.41) is 3.27. The molecule has 1 amide bonds. The van der Waals surface area contributed by atoms with E-state index < -0.39 is 0 Å². The predicted molar refractivity (Wildman–Crippen MR) is 94.6 cm³/mol. The Balaban J connectivity index is 1.80. The standard InChI is InChI=1S/C19H24N2O3/c1-2-3-10-20-19(23)15-12-21-17-14(18(15)22)5-4-6-16(17)24-11-9-13-7-8-13/h4-6,12-13H,2-3,7-11H2,1H3,(H,20,23)(H,21,22). The van der Waals surface area contributed by atoms with Crippen molar-refractivity contribution in [2.45, 2.75) is 39.0 Å². The zero-order chi connectivity index (χ0) is 16.9. The van der Waals surface area contributed by atoms with E-state index in [4.69, 9.17) is 4.74 Å². The van der Waals surface area contributed by atoms with Gasteiger partial charge in [0.2, 0.25) is 5.43 Å². The van der Waals surface area contributed by atoms with Crippen molar-refractivity contribution in [2.75, 3.05) is 13.2 Å². The van der Waals surface area contributed by atoms with E-state index in [0.29, 0.717) is 29.8 Å². The van der Waals surface area contributed by atoms with Crippen molar-refractivity contribution in [2.24, 2.45) is 5.92 Å². The normalized spacial score (nSPS) is 13.9. The fourth-order valence-corrected chi connectivity index (χ4v) is 2.73.